The quantitative estimate of drug-likeness (QED) is 0.378. The van der Waals surface area contributed by atoms with Crippen molar-refractivity contribution in [2.45, 2.75) is 65.1 Å². The van der Waals surface area contributed by atoms with Gasteiger partial charge in [0.05, 0.1) is 25.0 Å². The predicted molar refractivity (Wildman–Crippen MR) is 125 cm³/mol. The Hall–Kier alpha value is -2.67. The van der Waals surface area contributed by atoms with Crippen LogP contribution in [0.25, 0.3) is 0 Å². The average Bonchev–Trinajstić information content (AvgIpc) is 2.70. The lowest BCUT2D eigenvalue weighted by Gasteiger charge is -2.27. The van der Waals surface area contributed by atoms with Crippen molar-refractivity contribution in [3.8, 4) is 0 Å². The van der Waals surface area contributed by atoms with Crippen LogP contribution in [-0.4, -0.2) is 43.1 Å². The number of benzene rings is 1. The fourth-order valence-corrected chi connectivity index (χ4v) is 3.21. The molecule has 0 unspecified atom stereocenters. The summed E-state index contributed by atoms with van der Waals surface area (Å²) in [4.78, 5) is 38.3. The lowest BCUT2D eigenvalue weighted by atomic mass is 9.97. The molecule has 0 heterocycles. The number of methoxy groups -OCH3 is 1. The Bertz CT molecular complexity index is 755. The number of hydrogen-bond acceptors (Lipinski definition) is 5. The molecule has 1 aromatic rings. The number of nitrogens with one attached hydrogen (secondary N) is 2. The first-order valence-corrected chi connectivity index (χ1v) is 11.0. The van der Waals surface area contributed by atoms with E-state index in [4.69, 9.17) is 9.47 Å². The van der Waals surface area contributed by atoms with E-state index in [9.17, 15) is 14.4 Å². The molecule has 7 heteroatoms. The van der Waals surface area contributed by atoms with Crippen molar-refractivity contribution in [1.29, 1.82) is 0 Å². The maximum Gasteiger partial charge on any atom is 0.307 e. The third-order valence-corrected chi connectivity index (χ3v) is 4.75. The normalized spacial score (nSPS) is 14.2. The summed E-state index contributed by atoms with van der Waals surface area (Å²) in [5.41, 5.74) is 0.270. The molecule has 0 fully saturated rings. The Morgan fingerprint density at radius 1 is 1.06 bits per heavy atom. The van der Waals surface area contributed by atoms with Crippen LogP contribution < -0.4 is 10.6 Å². The van der Waals surface area contributed by atoms with E-state index in [2.05, 4.69) is 17.2 Å². The SMILES string of the molecule is C=CC[C@H](CC(=O)OC(C)(C)C)C(=O)N[C@H](C(=O)N[C@H](COC)c1ccccc1)C(C)C. The van der Waals surface area contributed by atoms with Crippen LogP contribution in [0.5, 0.6) is 0 Å². The van der Waals surface area contributed by atoms with Crippen molar-refractivity contribution in [1.82, 2.24) is 10.6 Å². The molecule has 32 heavy (non-hydrogen) atoms. The minimum absolute atomic E-state index is 0.0854. The number of carbonyl (C=O) groups is 3. The van der Waals surface area contributed by atoms with Crippen LogP contribution in [0.4, 0.5) is 0 Å². The lowest BCUT2D eigenvalue weighted by molar-refractivity contribution is -0.157. The van der Waals surface area contributed by atoms with E-state index in [0.717, 1.165) is 5.56 Å². The monoisotopic (exact) mass is 446 g/mol. The second kappa shape index (κ2) is 13.0. The highest BCUT2D eigenvalue weighted by Crippen LogP contribution is 2.17. The van der Waals surface area contributed by atoms with Gasteiger partial charge in [-0.3, -0.25) is 14.4 Å². The molecule has 0 aromatic heterocycles. The molecule has 7 nitrogen and oxygen atoms in total. The summed E-state index contributed by atoms with van der Waals surface area (Å²) in [6.45, 7) is 13.0. The Balaban J connectivity index is 2.91. The maximum absolute atomic E-state index is 13.1. The number of rotatable bonds is 12. The van der Waals surface area contributed by atoms with Gasteiger partial charge in [0, 0.05) is 7.11 Å². The highest BCUT2D eigenvalue weighted by molar-refractivity contribution is 5.90. The molecule has 0 radical (unpaired) electrons. The van der Waals surface area contributed by atoms with Gasteiger partial charge >= 0.3 is 5.97 Å². The molecule has 1 aromatic carbocycles. The molecule has 0 saturated heterocycles. The van der Waals surface area contributed by atoms with Gasteiger partial charge in [0.1, 0.15) is 11.6 Å². The van der Waals surface area contributed by atoms with Gasteiger partial charge in [-0.15, -0.1) is 6.58 Å². The van der Waals surface area contributed by atoms with E-state index in [1.165, 1.54) is 0 Å². The Labute approximate surface area is 191 Å². The molecule has 0 saturated carbocycles. The number of esters is 1. The Morgan fingerprint density at radius 2 is 1.69 bits per heavy atom. The van der Waals surface area contributed by atoms with Gasteiger partial charge in [-0.2, -0.15) is 0 Å². The topological polar surface area (TPSA) is 93.7 Å². The molecule has 2 N–H and O–H groups in total. The van der Waals surface area contributed by atoms with E-state index in [0.29, 0.717) is 13.0 Å². The van der Waals surface area contributed by atoms with Crippen LogP contribution >= 0.6 is 0 Å². The van der Waals surface area contributed by atoms with E-state index in [-0.39, 0.29) is 30.2 Å². The van der Waals surface area contributed by atoms with Gasteiger partial charge in [0.2, 0.25) is 11.8 Å². The Morgan fingerprint density at radius 3 is 2.19 bits per heavy atom. The fraction of sp³-hybridized carbons (Fsp3) is 0.560. The predicted octanol–water partition coefficient (Wildman–Crippen LogP) is 3.56. The lowest BCUT2D eigenvalue weighted by Crippen LogP contribution is -2.52. The van der Waals surface area contributed by atoms with Crippen LogP contribution in [0.15, 0.2) is 43.0 Å². The molecule has 0 spiro atoms. The molecule has 0 aliphatic rings. The van der Waals surface area contributed by atoms with Crippen LogP contribution in [0.1, 0.15) is 59.1 Å². The molecule has 0 aliphatic heterocycles. The van der Waals surface area contributed by atoms with Crippen LogP contribution in [-0.2, 0) is 23.9 Å². The van der Waals surface area contributed by atoms with E-state index in [1.54, 1.807) is 34.0 Å². The largest absolute Gasteiger partial charge is 0.460 e. The Kier molecular flexibility index (Phi) is 11.1. The van der Waals surface area contributed by atoms with E-state index < -0.39 is 23.5 Å². The first-order chi connectivity index (χ1) is 15.0. The fourth-order valence-electron chi connectivity index (χ4n) is 3.21. The summed E-state index contributed by atoms with van der Waals surface area (Å²) in [5, 5.41) is 5.79. The van der Waals surface area contributed by atoms with Crippen molar-refractivity contribution in [3.63, 3.8) is 0 Å². The van der Waals surface area contributed by atoms with Gasteiger partial charge in [-0.25, -0.2) is 0 Å². The van der Waals surface area contributed by atoms with Crippen molar-refractivity contribution in [2.24, 2.45) is 11.8 Å². The summed E-state index contributed by atoms with van der Waals surface area (Å²) in [7, 11) is 1.57. The standard InChI is InChI=1S/C25H38N2O5/c1-8-12-19(15-21(28)32-25(4,5)6)23(29)27-22(17(2)3)24(30)26-20(16-31-7)18-13-10-9-11-14-18/h8-11,13-14,17,19-20,22H,1,12,15-16H2,2-7H3,(H,26,30)(H,27,29)/t19-,20-,22+/m1/s1. The number of allylic oxidation sites excluding steroid dienone is 1. The van der Waals surface area contributed by atoms with Gasteiger partial charge < -0.3 is 20.1 Å². The smallest absolute Gasteiger partial charge is 0.307 e. The molecule has 1 rings (SSSR count). The molecule has 0 bridgehead atoms. The summed E-state index contributed by atoms with van der Waals surface area (Å²) < 4.78 is 10.6. The highest BCUT2D eigenvalue weighted by atomic mass is 16.6. The highest BCUT2D eigenvalue weighted by Gasteiger charge is 2.31. The van der Waals surface area contributed by atoms with E-state index in [1.807, 2.05) is 44.2 Å². The first-order valence-electron chi connectivity index (χ1n) is 11.0. The third-order valence-electron chi connectivity index (χ3n) is 4.75. The van der Waals surface area contributed by atoms with Crippen molar-refractivity contribution in [3.05, 3.63) is 48.6 Å². The van der Waals surface area contributed by atoms with E-state index >= 15 is 0 Å². The molecular formula is C25H38N2O5. The van der Waals surface area contributed by atoms with Gasteiger partial charge in [0.15, 0.2) is 0 Å². The summed E-state index contributed by atoms with van der Waals surface area (Å²) in [6, 6.07) is 8.39. The average molecular weight is 447 g/mol. The minimum Gasteiger partial charge on any atom is -0.460 e. The van der Waals surface area contributed by atoms with Crippen LogP contribution in [0.2, 0.25) is 0 Å². The maximum atomic E-state index is 13.1. The number of amides is 2. The number of carbonyl (C=O) groups excluding carboxylic acids is 3. The van der Waals surface area contributed by atoms with Crippen LogP contribution in [0.3, 0.4) is 0 Å². The molecule has 178 valence electrons. The summed E-state index contributed by atoms with van der Waals surface area (Å²) in [5.74, 6) is -1.99. The first kappa shape index (κ1) is 27.4. The zero-order valence-corrected chi connectivity index (χ0v) is 20.1. The molecule has 0 aliphatic carbocycles. The van der Waals surface area contributed by atoms with Crippen molar-refractivity contribution in [2.75, 3.05) is 13.7 Å². The second-order valence-electron chi connectivity index (χ2n) is 9.17. The number of ether oxygens (including phenoxy) is 2. The zero-order valence-electron chi connectivity index (χ0n) is 20.1. The van der Waals surface area contributed by atoms with Crippen molar-refractivity contribution < 1.29 is 23.9 Å². The summed E-state index contributed by atoms with van der Waals surface area (Å²) >= 11 is 0. The molecule has 2 amide bonds. The molecular weight excluding hydrogens is 408 g/mol. The molecule has 3 atom stereocenters. The summed E-state index contributed by atoms with van der Waals surface area (Å²) in [6.07, 6.45) is 1.80. The van der Waals surface area contributed by atoms with Gasteiger partial charge in [-0.05, 0) is 38.7 Å². The van der Waals surface area contributed by atoms with Crippen LogP contribution in [0, 0.1) is 11.8 Å². The zero-order chi connectivity index (χ0) is 24.3. The second-order valence-corrected chi connectivity index (χ2v) is 9.17. The number of hydrogen-bond donors (Lipinski definition) is 2. The minimum atomic E-state index is -0.767. The van der Waals surface area contributed by atoms with Gasteiger partial charge in [0.25, 0.3) is 0 Å². The third kappa shape index (κ3) is 9.64. The van der Waals surface area contributed by atoms with Crippen molar-refractivity contribution >= 4 is 17.8 Å². The van der Waals surface area contributed by atoms with Gasteiger partial charge in [-0.1, -0.05) is 50.3 Å².